The largest absolute Gasteiger partial charge is 0.493 e. The third kappa shape index (κ3) is 3.19. The molecular weight excluding hydrogens is 290 g/mol. The van der Waals surface area contributed by atoms with Crippen molar-refractivity contribution in [2.75, 3.05) is 13.7 Å². The van der Waals surface area contributed by atoms with Gasteiger partial charge in [-0.25, -0.2) is 0 Å². The summed E-state index contributed by atoms with van der Waals surface area (Å²) in [7, 11) is 1.62. The van der Waals surface area contributed by atoms with E-state index in [1.54, 1.807) is 14.0 Å². The summed E-state index contributed by atoms with van der Waals surface area (Å²) >= 11 is 0. The van der Waals surface area contributed by atoms with Gasteiger partial charge in [0.1, 0.15) is 6.10 Å². The number of hydrogen-bond acceptors (Lipinski definition) is 4. The topological polar surface area (TPSA) is 64.7 Å². The highest BCUT2D eigenvalue weighted by Crippen LogP contribution is 2.35. The number of hydrogen-bond donors (Lipinski definition) is 2. The summed E-state index contributed by atoms with van der Waals surface area (Å²) in [6, 6.07) is 13.9. The SMILES string of the molecule is COc1ccc(C(C)(O)CN)cc1OC1Cc2ccccc2C1. The van der Waals surface area contributed by atoms with Gasteiger partial charge < -0.3 is 20.3 Å². The first kappa shape index (κ1) is 15.8. The van der Waals surface area contributed by atoms with Crippen molar-refractivity contribution in [2.24, 2.45) is 5.73 Å². The molecule has 0 spiro atoms. The van der Waals surface area contributed by atoms with Gasteiger partial charge >= 0.3 is 0 Å². The van der Waals surface area contributed by atoms with Gasteiger partial charge in [0.25, 0.3) is 0 Å². The number of aliphatic hydroxyl groups is 1. The van der Waals surface area contributed by atoms with Crippen LogP contribution in [0.2, 0.25) is 0 Å². The number of fused-ring (bicyclic) bond motifs is 1. The zero-order chi connectivity index (χ0) is 16.4. The van der Waals surface area contributed by atoms with Crippen molar-refractivity contribution in [3.8, 4) is 11.5 Å². The van der Waals surface area contributed by atoms with Crippen molar-refractivity contribution in [3.05, 3.63) is 59.2 Å². The van der Waals surface area contributed by atoms with E-state index in [1.165, 1.54) is 11.1 Å². The van der Waals surface area contributed by atoms with Crippen molar-refractivity contribution < 1.29 is 14.6 Å². The molecule has 3 rings (SSSR count). The molecule has 122 valence electrons. The first-order valence-electron chi connectivity index (χ1n) is 7.88. The van der Waals surface area contributed by atoms with Crippen LogP contribution in [0.1, 0.15) is 23.6 Å². The third-order valence-corrected chi connectivity index (χ3v) is 4.49. The highest BCUT2D eigenvalue weighted by Gasteiger charge is 2.26. The quantitative estimate of drug-likeness (QED) is 0.890. The van der Waals surface area contributed by atoms with E-state index in [-0.39, 0.29) is 12.6 Å². The van der Waals surface area contributed by atoms with E-state index in [4.69, 9.17) is 15.2 Å². The minimum Gasteiger partial charge on any atom is -0.493 e. The maximum Gasteiger partial charge on any atom is 0.161 e. The molecule has 4 nitrogen and oxygen atoms in total. The van der Waals surface area contributed by atoms with Crippen LogP contribution in [0.5, 0.6) is 11.5 Å². The molecule has 1 aliphatic carbocycles. The first-order valence-corrected chi connectivity index (χ1v) is 7.88. The molecule has 3 N–H and O–H groups in total. The number of rotatable bonds is 5. The lowest BCUT2D eigenvalue weighted by Crippen LogP contribution is -2.31. The minimum absolute atomic E-state index is 0.0828. The molecule has 1 aliphatic rings. The van der Waals surface area contributed by atoms with Crippen LogP contribution in [0.15, 0.2) is 42.5 Å². The third-order valence-electron chi connectivity index (χ3n) is 4.49. The lowest BCUT2D eigenvalue weighted by Gasteiger charge is -2.24. The lowest BCUT2D eigenvalue weighted by molar-refractivity contribution is 0.0662. The van der Waals surface area contributed by atoms with E-state index in [0.717, 1.165) is 18.4 Å². The van der Waals surface area contributed by atoms with Crippen molar-refractivity contribution in [3.63, 3.8) is 0 Å². The van der Waals surface area contributed by atoms with Crippen LogP contribution in [-0.2, 0) is 18.4 Å². The zero-order valence-corrected chi connectivity index (χ0v) is 13.6. The molecule has 23 heavy (non-hydrogen) atoms. The summed E-state index contributed by atoms with van der Waals surface area (Å²) in [5.74, 6) is 1.31. The second-order valence-corrected chi connectivity index (χ2v) is 6.26. The van der Waals surface area contributed by atoms with Crippen LogP contribution >= 0.6 is 0 Å². The first-order chi connectivity index (χ1) is 11.0. The summed E-state index contributed by atoms with van der Waals surface area (Å²) in [4.78, 5) is 0. The minimum atomic E-state index is -1.08. The molecule has 1 atom stereocenters. The van der Waals surface area contributed by atoms with Crippen LogP contribution in [-0.4, -0.2) is 24.9 Å². The normalized spacial score (nSPS) is 16.7. The zero-order valence-electron chi connectivity index (χ0n) is 13.6. The molecule has 0 aliphatic heterocycles. The molecule has 2 aromatic carbocycles. The van der Waals surface area contributed by atoms with Crippen molar-refractivity contribution in [1.29, 1.82) is 0 Å². The molecule has 2 aromatic rings. The van der Waals surface area contributed by atoms with Gasteiger partial charge in [-0.1, -0.05) is 30.3 Å². The molecule has 4 heteroatoms. The molecule has 0 bridgehead atoms. The average molecular weight is 313 g/mol. The highest BCUT2D eigenvalue weighted by molar-refractivity contribution is 5.45. The molecule has 0 saturated carbocycles. The number of benzene rings is 2. The second kappa shape index (κ2) is 6.22. The molecule has 0 heterocycles. The van der Waals surface area contributed by atoms with E-state index in [0.29, 0.717) is 11.5 Å². The van der Waals surface area contributed by atoms with Crippen molar-refractivity contribution in [2.45, 2.75) is 31.5 Å². The molecule has 0 aromatic heterocycles. The second-order valence-electron chi connectivity index (χ2n) is 6.26. The number of ether oxygens (including phenoxy) is 2. The van der Waals surface area contributed by atoms with Crippen molar-refractivity contribution in [1.82, 2.24) is 0 Å². The van der Waals surface area contributed by atoms with Gasteiger partial charge in [-0.3, -0.25) is 0 Å². The number of methoxy groups -OCH3 is 1. The Balaban J connectivity index is 1.84. The van der Waals surface area contributed by atoms with Gasteiger partial charge in [0, 0.05) is 19.4 Å². The molecule has 0 amide bonds. The van der Waals surface area contributed by atoms with E-state index >= 15 is 0 Å². The fourth-order valence-electron chi connectivity index (χ4n) is 3.00. The number of nitrogens with two attached hydrogens (primary N) is 1. The summed E-state index contributed by atoms with van der Waals surface area (Å²) in [6.07, 6.45) is 1.85. The van der Waals surface area contributed by atoms with Crippen LogP contribution < -0.4 is 15.2 Å². The van der Waals surface area contributed by atoms with E-state index in [2.05, 4.69) is 24.3 Å². The van der Waals surface area contributed by atoms with E-state index in [1.807, 2.05) is 18.2 Å². The van der Waals surface area contributed by atoms with Gasteiger partial charge in [-0.15, -0.1) is 0 Å². The lowest BCUT2D eigenvalue weighted by atomic mass is 9.96. The van der Waals surface area contributed by atoms with Gasteiger partial charge in [0.2, 0.25) is 0 Å². The maximum atomic E-state index is 10.4. The van der Waals surface area contributed by atoms with Crippen LogP contribution in [0.25, 0.3) is 0 Å². The maximum absolute atomic E-state index is 10.4. The fraction of sp³-hybridized carbons (Fsp3) is 0.368. The predicted octanol–water partition coefficient (Wildman–Crippen LogP) is 2.41. The molecule has 1 unspecified atom stereocenters. The Labute approximate surface area is 136 Å². The Kier molecular flexibility index (Phi) is 4.28. The van der Waals surface area contributed by atoms with Crippen LogP contribution in [0, 0.1) is 0 Å². The molecule has 0 radical (unpaired) electrons. The predicted molar refractivity (Wildman–Crippen MR) is 89.9 cm³/mol. The Bertz CT molecular complexity index is 672. The molecular formula is C19H23NO3. The van der Waals surface area contributed by atoms with Crippen molar-refractivity contribution >= 4 is 0 Å². The van der Waals surface area contributed by atoms with Gasteiger partial charge in [-0.2, -0.15) is 0 Å². The smallest absolute Gasteiger partial charge is 0.161 e. The van der Waals surface area contributed by atoms with Crippen LogP contribution in [0.4, 0.5) is 0 Å². The summed E-state index contributed by atoms with van der Waals surface area (Å²) in [5, 5.41) is 10.4. The Hall–Kier alpha value is -2.04. The van der Waals surface area contributed by atoms with Gasteiger partial charge in [0.15, 0.2) is 11.5 Å². The van der Waals surface area contributed by atoms with Gasteiger partial charge in [-0.05, 0) is 35.7 Å². The Morgan fingerprint density at radius 1 is 1.13 bits per heavy atom. The Morgan fingerprint density at radius 2 is 1.78 bits per heavy atom. The summed E-state index contributed by atoms with van der Waals surface area (Å²) in [6.45, 7) is 1.84. The monoisotopic (exact) mass is 313 g/mol. The van der Waals surface area contributed by atoms with Crippen LogP contribution in [0.3, 0.4) is 0 Å². The fourth-order valence-corrected chi connectivity index (χ4v) is 3.00. The Morgan fingerprint density at radius 3 is 2.35 bits per heavy atom. The molecule has 0 fully saturated rings. The standard InChI is InChI=1S/C19H23NO3/c1-19(21,12-20)15-7-8-17(22-2)18(11-15)23-16-9-13-5-3-4-6-14(13)10-16/h3-8,11,16,21H,9-10,12,20H2,1-2H3. The van der Waals surface area contributed by atoms with Gasteiger partial charge in [0.05, 0.1) is 12.7 Å². The average Bonchev–Trinajstić information content (AvgIpc) is 2.97. The molecule has 0 saturated heterocycles. The van der Waals surface area contributed by atoms with E-state index < -0.39 is 5.60 Å². The highest BCUT2D eigenvalue weighted by atomic mass is 16.5. The summed E-state index contributed by atoms with van der Waals surface area (Å²) in [5.41, 5.74) is 7.98. The summed E-state index contributed by atoms with van der Waals surface area (Å²) < 4.78 is 11.6. The van der Waals surface area contributed by atoms with E-state index in [9.17, 15) is 5.11 Å².